The Labute approximate surface area is 244 Å². The van der Waals surface area contributed by atoms with Gasteiger partial charge in [0.15, 0.2) is 18.1 Å². The summed E-state index contributed by atoms with van der Waals surface area (Å²) >= 11 is 0. The topological polar surface area (TPSA) is 128 Å². The molecule has 0 saturated carbocycles. The van der Waals surface area contributed by atoms with Crippen molar-refractivity contribution in [2.75, 3.05) is 33.9 Å². The minimum Gasteiger partial charge on any atom is -0.496 e. The zero-order chi connectivity index (χ0) is 29.5. The van der Waals surface area contributed by atoms with Crippen molar-refractivity contribution in [3.05, 3.63) is 77.6 Å². The normalized spacial score (nSPS) is 19.4. The van der Waals surface area contributed by atoms with Crippen LogP contribution >= 0.6 is 0 Å². The van der Waals surface area contributed by atoms with Gasteiger partial charge in [0, 0.05) is 62.1 Å². The number of benzene rings is 2. The minimum absolute atomic E-state index is 0.108. The highest BCUT2D eigenvalue weighted by molar-refractivity contribution is 5.94. The van der Waals surface area contributed by atoms with Crippen molar-refractivity contribution in [3.8, 4) is 23.0 Å². The largest absolute Gasteiger partial charge is 0.496 e. The summed E-state index contributed by atoms with van der Waals surface area (Å²) < 4.78 is 23.2. The van der Waals surface area contributed by atoms with Gasteiger partial charge in [-0.15, -0.1) is 0 Å². The third kappa shape index (κ3) is 6.91. The maximum atomic E-state index is 13.2. The number of nitrogens with zero attached hydrogens (tertiary/aromatic N) is 2. The van der Waals surface area contributed by atoms with E-state index in [9.17, 15) is 14.4 Å². The summed E-state index contributed by atoms with van der Waals surface area (Å²) in [6, 6.07) is 13.6. The monoisotopic (exact) mass is 574 g/mol. The average Bonchev–Trinajstić information content (AvgIpc) is 3.02. The molecule has 3 aliphatic rings. The molecule has 0 unspecified atom stereocenters. The van der Waals surface area contributed by atoms with E-state index in [-0.39, 0.29) is 37.3 Å². The van der Waals surface area contributed by atoms with Crippen molar-refractivity contribution < 1.29 is 33.3 Å². The quantitative estimate of drug-likeness (QED) is 0.489. The lowest BCUT2D eigenvalue weighted by Crippen LogP contribution is -2.58. The molecule has 2 N–H and O–H groups in total. The predicted molar refractivity (Wildman–Crippen MR) is 153 cm³/mol. The van der Waals surface area contributed by atoms with Crippen molar-refractivity contribution >= 4 is 17.7 Å². The number of ether oxygens (including phenoxy) is 4. The number of methoxy groups -OCH3 is 2. The first-order valence-electron chi connectivity index (χ1n) is 13.8. The highest BCUT2D eigenvalue weighted by atomic mass is 16.5. The fourth-order valence-corrected chi connectivity index (χ4v) is 5.11. The number of carbonyl (C=O) groups excluding carboxylic acids is 3. The fraction of sp³-hybridized carbons (Fsp3) is 0.355. The SMILES string of the molecule is COc1cc2ccc1CNC(=O)CCc1ccc(OC)c(c1)OCC(=O)N[C@@H]1CN(C(=O)c3ccncc3)CC[C@@H]1O2. The lowest BCUT2D eigenvalue weighted by molar-refractivity contribution is -0.125. The van der Waals surface area contributed by atoms with Gasteiger partial charge in [0.25, 0.3) is 11.8 Å². The van der Waals surface area contributed by atoms with Crippen molar-refractivity contribution in [2.24, 2.45) is 0 Å². The van der Waals surface area contributed by atoms with E-state index in [1.807, 2.05) is 18.2 Å². The van der Waals surface area contributed by atoms with Crippen molar-refractivity contribution in [1.82, 2.24) is 20.5 Å². The minimum atomic E-state index is -0.513. The number of carbonyl (C=O) groups is 3. The Bertz CT molecular complexity index is 1430. The van der Waals surface area contributed by atoms with Gasteiger partial charge in [-0.05, 0) is 48.4 Å². The number of likely N-dealkylation sites (tertiary alicyclic amines) is 1. The molecule has 0 spiro atoms. The molecule has 2 atom stereocenters. The van der Waals surface area contributed by atoms with Crippen LogP contribution < -0.4 is 29.6 Å². The first kappa shape index (κ1) is 28.7. The molecule has 2 aromatic carbocycles. The summed E-state index contributed by atoms with van der Waals surface area (Å²) in [7, 11) is 3.09. The van der Waals surface area contributed by atoms with E-state index in [0.29, 0.717) is 54.5 Å². The second-order valence-corrected chi connectivity index (χ2v) is 10.1. The molecular formula is C31H34N4O7. The van der Waals surface area contributed by atoms with Gasteiger partial charge in [-0.3, -0.25) is 19.4 Å². The Kier molecular flexibility index (Phi) is 9.05. The summed E-state index contributed by atoms with van der Waals surface area (Å²) in [6.45, 7) is 0.718. The predicted octanol–water partition coefficient (Wildman–Crippen LogP) is 2.52. The summed E-state index contributed by atoms with van der Waals surface area (Å²) in [4.78, 5) is 44.7. The number of rotatable bonds is 3. The molecule has 1 fully saturated rings. The van der Waals surface area contributed by atoms with E-state index >= 15 is 0 Å². The van der Waals surface area contributed by atoms with Crippen LogP contribution in [0.1, 0.15) is 34.3 Å². The number of aromatic nitrogens is 1. The van der Waals surface area contributed by atoms with Crippen molar-refractivity contribution in [2.45, 2.75) is 38.0 Å². The molecule has 6 rings (SSSR count). The van der Waals surface area contributed by atoms with E-state index in [1.54, 1.807) is 54.7 Å². The van der Waals surface area contributed by atoms with Gasteiger partial charge in [-0.25, -0.2) is 0 Å². The molecule has 11 nitrogen and oxygen atoms in total. The Balaban J connectivity index is 1.42. The molecule has 4 heterocycles. The summed E-state index contributed by atoms with van der Waals surface area (Å²) in [6.07, 6.45) is 3.96. The molecule has 1 saturated heterocycles. The smallest absolute Gasteiger partial charge is 0.258 e. The molecule has 42 heavy (non-hydrogen) atoms. The Morgan fingerprint density at radius 3 is 2.57 bits per heavy atom. The highest BCUT2D eigenvalue weighted by Gasteiger charge is 2.35. The van der Waals surface area contributed by atoms with Gasteiger partial charge < -0.3 is 34.5 Å². The maximum Gasteiger partial charge on any atom is 0.258 e. The maximum absolute atomic E-state index is 13.2. The number of piperidine rings is 1. The molecule has 1 aromatic heterocycles. The molecule has 0 aliphatic carbocycles. The van der Waals surface area contributed by atoms with Crippen LogP contribution in [0.4, 0.5) is 0 Å². The third-order valence-corrected chi connectivity index (χ3v) is 7.36. The lowest BCUT2D eigenvalue weighted by atomic mass is 10.0. The van der Waals surface area contributed by atoms with E-state index in [4.69, 9.17) is 18.9 Å². The van der Waals surface area contributed by atoms with Crippen LogP contribution in [0, 0.1) is 0 Å². The van der Waals surface area contributed by atoms with E-state index in [2.05, 4.69) is 15.6 Å². The number of hydrogen-bond donors (Lipinski definition) is 2. The van der Waals surface area contributed by atoms with Crippen LogP contribution in [-0.4, -0.2) is 73.7 Å². The van der Waals surface area contributed by atoms with Gasteiger partial charge in [0.1, 0.15) is 17.6 Å². The summed E-state index contributed by atoms with van der Waals surface area (Å²) in [5.74, 6) is 1.37. The number of pyridine rings is 1. The summed E-state index contributed by atoms with van der Waals surface area (Å²) in [5, 5.41) is 5.97. The van der Waals surface area contributed by atoms with Crippen molar-refractivity contribution in [3.63, 3.8) is 0 Å². The van der Waals surface area contributed by atoms with E-state index < -0.39 is 12.1 Å². The Morgan fingerprint density at radius 2 is 1.79 bits per heavy atom. The van der Waals surface area contributed by atoms with Crippen LogP contribution in [0.25, 0.3) is 0 Å². The van der Waals surface area contributed by atoms with Crippen LogP contribution in [0.15, 0.2) is 60.9 Å². The lowest BCUT2D eigenvalue weighted by Gasteiger charge is -2.39. The van der Waals surface area contributed by atoms with Crippen molar-refractivity contribution in [1.29, 1.82) is 0 Å². The molecule has 220 valence electrons. The molecule has 11 heteroatoms. The van der Waals surface area contributed by atoms with Gasteiger partial charge in [0.2, 0.25) is 5.91 Å². The number of nitrogens with one attached hydrogen (secondary N) is 2. The van der Waals surface area contributed by atoms with Gasteiger partial charge in [-0.2, -0.15) is 0 Å². The summed E-state index contributed by atoms with van der Waals surface area (Å²) in [5.41, 5.74) is 2.20. The van der Waals surface area contributed by atoms with Crippen LogP contribution in [-0.2, 0) is 22.6 Å². The van der Waals surface area contributed by atoms with Crippen LogP contribution in [0.2, 0.25) is 0 Å². The standard InChI is InChI=1S/C31H34N4O7/c1-39-26-7-3-20-4-8-29(36)33-17-22-5-6-23(16-27(22)40-2)42-25-11-14-35(31(38)21-9-12-32-13-10-21)18-24(25)34-30(37)19-41-28(26)15-20/h3,5-7,9-10,12-13,15-16,24-25H,4,8,11,14,17-19H2,1-2H3,(H,33,36)(H,34,37)/t24-,25+/m1/s1. The zero-order valence-electron chi connectivity index (χ0n) is 23.6. The second kappa shape index (κ2) is 13.2. The average molecular weight is 575 g/mol. The molecule has 3 aliphatic heterocycles. The van der Waals surface area contributed by atoms with Gasteiger partial charge in [-0.1, -0.05) is 6.07 Å². The zero-order valence-corrected chi connectivity index (χ0v) is 23.6. The Hall–Kier alpha value is -4.80. The molecular weight excluding hydrogens is 540 g/mol. The number of fused-ring (bicyclic) bond motifs is 9. The van der Waals surface area contributed by atoms with E-state index in [1.165, 1.54) is 7.11 Å². The Morgan fingerprint density at radius 1 is 0.976 bits per heavy atom. The molecule has 0 radical (unpaired) electrons. The molecule has 3 aromatic rings. The van der Waals surface area contributed by atoms with Crippen LogP contribution in [0.5, 0.6) is 23.0 Å². The second-order valence-electron chi connectivity index (χ2n) is 10.1. The fourth-order valence-electron chi connectivity index (χ4n) is 5.11. The van der Waals surface area contributed by atoms with E-state index in [0.717, 1.165) is 11.1 Å². The van der Waals surface area contributed by atoms with Crippen LogP contribution in [0.3, 0.4) is 0 Å². The highest BCUT2D eigenvalue weighted by Crippen LogP contribution is 2.30. The first-order valence-corrected chi connectivity index (χ1v) is 13.8. The molecule has 3 amide bonds. The number of amides is 3. The molecule has 4 bridgehead atoms. The third-order valence-electron chi connectivity index (χ3n) is 7.36. The van der Waals surface area contributed by atoms with Gasteiger partial charge in [0.05, 0.1) is 20.3 Å². The number of hydrogen-bond acceptors (Lipinski definition) is 8. The first-order chi connectivity index (χ1) is 20.4. The van der Waals surface area contributed by atoms with Gasteiger partial charge >= 0.3 is 0 Å². The number of aryl methyl sites for hydroxylation is 1.